The first-order valence-corrected chi connectivity index (χ1v) is 18.0. The van der Waals surface area contributed by atoms with Gasteiger partial charge in [0.05, 0.1) is 39.0 Å². The lowest BCUT2D eigenvalue weighted by molar-refractivity contribution is -0.140. The Morgan fingerprint density at radius 2 is 1.40 bits per heavy atom. The van der Waals surface area contributed by atoms with Crippen molar-refractivity contribution in [1.29, 1.82) is 0 Å². The van der Waals surface area contributed by atoms with Gasteiger partial charge in [0.1, 0.15) is 24.1 Å². The van der Waals surface area contributed by atoms with Gasteiger partial charge in [-0.1, -0.05) is 58.4 Å². The summed E-state index contributed by atoms with van der Waals surface area (Å²) < 4.78 is 52.9. The molecular weight excluding hydrogens is 726 g/mol. The van der Waals surface area contributed by atoms with Crippen LogP contribution in [0.4, 0.5) is 5.69 Å². The summed E-state index contributed by atoms with van der Waals surface area (Å²) in [5, 5.41) is 2.96. The van der Waals surface area contributed by atoms with Crippen LogP contribution >= 0.6 is 15.9 Å². The van der Waals surface area contributed by atoms with E-state index in [2.05, 4.69) is 21.2 Å². The summed E-state index contributed by atoms with van der Waals surface area (Å²) in [6.07, 6.45) is 0.187. The molecule has 0 saturated heterocycles. The highest BCUT2D eigenvalue weighted by Gasteiger charge is 2.36. The number of nitrogens with zero attached hydrogens (tertiary/aromatic N) is 2. The number of halogens is 1. The Balaban J connectivity index is 1.90. The highest BCUT2D eigenvalue weighted by molar-refractivity contribution is 9.10. The second-order valence-corrected chi connectivity index (χ2v) is 14.4. The molecule has 1 unspecified atom stereocenters. The van der Waals surface area contributed by atoms with Gasteiger partial charge in [-0.05, 0) is 61.4 Å². The van der Waals surface area contributed by atoms with Crippen LogP contribution in [0, 0.1) is 0 Å². The third-order valence-electron chi connectivity index (χ3n) is 7.84. The van der Waals surface area contributed by atoms with E-state index >= 15 is 0 Å². The van der Waals surface area contributed by atoms with Crippen LogP contribution in [0.3, 0.4) is 0 Å². The summed E-state index contributed by atoms with van der Waals surface area (Å²) in [6, 6.07) is 24.3. The number of rotatable bonds is 16. The molecule has 1 atom stereocenters. The zero-order chi connectivity index (χ0) is 36.4. The van der Waals surface area contributed by atoms with Gasteiger partial charge in [-0.25, -0.2) is 8.42 Å². The molecule has 0 heterocycles. The first-order chi connectivity index (χ1) is 23.9. The molecule has 0 aliphatic heterocycles. The third kappa shape index (κ3) is 9.27. The molecule has 0 saturated carbocycles. The Hall–Kier alpha value is -4.75. The first kappa shape index (κ1) is 38.1. The number of amides is 2. The van der Waals surface area contributed by atoms with Crippen molar-refractivity contribution in [2.45, 2.75) is 43.8 Å². The van der Waals surface area contributed by atoms with E-state index in [0.717, 1.165) is 19.9 Å². The molecule has 0 spiro atoms. The highest BCUT2D eigenvalue weighted by Crippen LogP contribution is 2.38. The predicted molar refractivity (Wildman–Crippen MR) is 196 cm³/mol. The van der Waals surface area contributed by atoms with Gasteiger partial charge in [-0.3, -0.25) is 13.9 Å². The molecule has 0 fully saturated rings. The van der Waals surface area contributed by atoms with Crippen molar-refractivity contribution in [1.82, 2.24) is 10.2 Å². The number of hydrogen-bond donors (Lipinski definition) is 1. The van der Waals surface area contributed by atoms with Crippen LogP contribution in [0.1, 0.15) is 25.0 Å². The summed E-state index contributed by atoms with van der Waals surface area (Å²) in [5.41, 5.74) is 1.63. The Morgan fingerprint density at radius 3 is 2.00 bits per heavy atom. The number of anilines is 1. The molecule has 0 aromatic heterocycles. The molecule has 0 aliphatic rings. The van der Waals surface area contributed by atoms with Crippen LogP contribution in [-0.2, 0) is 32.6 Å². The van der Waals surface area contributed by atoms with Gasteiger partial charge in [0, 0.05) is 35.6 Å². The van der Waals surface area contributed by atoms with Crippen LogP contribution in [0.25, 0.3) is 0 Å². The molecular formula is C37H42BrN3O8S. The maximum Gasteiger partial charge on any atom is 0.265 e. The summed E-state index contributed by atoms with van der Waals surface area (Å²) in [7, 11) is 1.20. The maximum atomic E-state index is 14.8. The Bertz CT molecular complexity index is 1870. The summed E-state index contributed by atoms with van der Waals surface area (Å²) >= 11 is 3.45. The summed E-state index contributed by atoms with van der Waals surface area (Å²) in [5.74, 6) is 0.0340. The summed E-state index contributed by atoms with van der Waals surface area (Å²) in [6.45, 7) is 3.02. The average Bonchev–Trinajstić information content (AvgIpc) is 3.12. The zero-order valence-electron chi connectivity index (χ0n) is 28.9. The highest BCUT2D eigenvalue weighted by atomic mass is 79.9. The van der Waals surface area contributed by atoms with E-state index in [1.54, 1.807) is 12.1 Å². The molecule has 266 valence electrons. The Labute approximate surface area is 302 Å². The van der Waals surface area contributed by atoms with Gasteiger partial charge >= 0.3 is 0 Å². The number of benzene rings is 4. The number of nitrogens with one attached hydrogen (secondary N) is 1. The quantitative estimate of drug-likeness (QED) is 0.151. The molecule has 13 heteroatoms. The molecule has 50 heavy (non-hydrogen) atoms. The van der Waals surface area contributed by atoms with Crippen LogP contribution in [0.2, 0.25) is 0 Å². The van der Waals surface area contributed by atoms with Crippen molar-refractivity contribution in [3.63, 3.8) is 0 Å². The Kier molecular flexibility index (Phi) is 13.1. The average molecular weight is 769 g/mol. The molecule has 4 rings (SSSR count). The van der Waals surface area contributed by atoms with Gasteiger partial charge in [-0.2, -0.15) is 0 Å². The minimum atomic E-state index is -4.49. The Morgan fingerprint density at radius 1 is 0.760 bits per heavy atom. The van der Waals surface area contributed by atoms with E-state index < -0.39 is 28.5 Å². The predicted octanol–water partition coefficient (Wildman–Crippen LogP) is 5.84. The van der Waals surface area contributed by atoms with Crippen molar-refractivity contribution >= 4 is 43.5 Å². The van der Waals surface area contributed by atoms with Gasteiger partial charge in [0.2, 0.25) is 11.8 Å². The zero-order valence-corrected chi connectivity index (χ0v) is 31.3. The van der Waals surface area contributed by atoms with Gasteiger partial charge < -0.3 is 29.2 Å². The van der Waals surface area contributed by atoms with E-state index in [0.29, 0.717) is 11.5 Å². The second kappa shape index (κ2) is 17.3. The lowest BCUT2D eigenvalue weighted by atomic mass is 10.0. The van der Waals surface area contributed by atoms with Crippen molar-refractivity contribution in [3.05, 3.63) is 107 Å². The van der Waals surface area contributed by atoms with Crippen molar-refractivity contribution in [2.75, 3.05) is 39.3 Å². The molecule has 0 aliphatic carbocycles. The number of methoxy groups -OCH3 is 4. The van der Waals surface area contributed by atoms with E-state index in [4.69, 9.17) is 18.9 Å². The number of hydrogen-bond acceptors (Lipinski definition) is 8. The van der Waals surface area contributed by atoms with Gasteiger partial charge in [0.15, 0.2) is 11.5 Å². The van der Waals surface area contributed by atoms with Crippen LogP contribution in [0.5, 0.6) is 23.0 Å². The maximum absolute atomic E-state index is 14.8. The minimum absolute atomic E-state index is 0.0224. The third-order valence-corrected chi connectivity index (χ3v) is 10.1. The number of ether oxygens (including phenoxy) is 4. The molecule has 0 radical (unpaired) electrons. The van der Waals surface area contributed by atoms with Crippen molar-refractivity contribution in [3.8, 4) is 23.0 Å². The smallest absolute Gasteiger partial charge is 0.265 e. The molecule has 2 amide bonds. The molecule has 1 N–H and O–H groups in total. The van der Waals surface area contributed by atoms with Crippen LogP contribution in [0.15, 0.2) is 100 Å². The summed E-state index contributed by atoms with van der Waals surface area (Å²) in [4.78, 5) is 30.0. The first-order valence-electron chi connectivity index (χ1n) is 15.8. The number of carbonyl (C=O) groups excluding carboxylic acids is 2. The van der Waals surface area contributed by atoms with Crippen LogP contribution in [-0.4, -0.2) is 72.2 Å². The molecule has 4 aromatic carbocycles. The van der Waals surface area contributed by atoms with E-state index in [-0.39, 0.29) is 47.0 Å². The fraction of sp³-hybridized carbons (Fsp3) is 0.297. The van der Waals surface area contributed by atoms with E-state index in [9.17, 15) is 18.0 Å². The second-order valence-electron chi connectivity index (χ2n) is 11.6. The lowest BCUT2D eigenvalue weighted by Gasteiger charge is -2.34. The minimum Gasteiger partial charge on any atom is -0.497 e. The normalized spacial score (nSPS) is 11.8. The van der Waals surface area contributed by atoms with Crippen LogP contribution < -0.4 is 28.6 Å². The number of sulfonamides is 1. The largest absolute Gasteiger partial charge is 0.497 e. The molecule has 4 aromatic rings. The van der Waals surface area contributed by atoms with E-state index in [1.165, 1.54) is 57.6 Å². The van der Waals surface area contributed by atoms with Crippen molar-refractivity contribution < 1.29 is 37.0 Å². The number of carbonyl (C=O) groups is 2. The van der Waals surface area contributed by atoms with Crippen molar-refractivity contribution in [2.24, 2.45) is 0 Å². The fourth-order valence-electron chi connectivity index (χ4n) is 5.33. The topological polar surface area (TPSA) is 124 Å². The SMILES string of the molecule is COc1ccc(OC)c(N(CC(=O)N(Cc2ccc(Br)cc2)C(Cc2ccccc2)C(=O)NC(C)C)S(=O)(=O)c2ccc(OC)c(OC)c2)c1. The fourth-order valence-corrected chi connectivity index (χ4v) is 7.03. The standard InChI is InChI=1S/C37H42BrN3O8S/c1-25(2)39-37(43)32(20-26-10-8-7-9-11-26)40(23-27-12-14-28(38)15-13-27)36(42)24-41(31-21-29(46-3)16-18-33(31)47-4)50(44,45)30-17-19-34(48-5)35(22-30)49-6/h7-19,21-22,25,32H,20,23-24H2,1-6H3,(H,39,43). The van der Waals surface area contributed by atoms with Gasteiger partial charge in [0.25, 0.3) is 10.0 Å². The monoisotopic (exact) mass is 767 g/mol. The molecule has 0 bridgehead atoms. The van der Waals surface area contributed by atoms with E-state index in [1.807, 2.05) is 68.4 Å². The molecule has 11 nitrogen and oxygen atoms in total. The lowest BCUT2D eigenvalue weighted by Crippen LogP contribution is -2.54. The van der Waals surface area contributed by atoms with Gasteiger partial charge in [-0.15, -0.1) is 0 Å².